The fourth-order valence-electron chi connectivity index (χ4n) is 3.29. The minimum absolute atomic E-state index is 0.647. The first-order valence-electron chi connectivity index (χ1n) is 6.17. The molecule has 3 rings (SSSR count). The SMILES string of the molecule is COc1ccc2c(c1)[C@H]1CCCN(C)[C@H]2C1. The van der Waals surface area contributed by atoms with E-state index < -0.39 is 0 Å². The number of rotatable bonds is 1. The molecule has 2 nitrogen and oxygen atoms in total. The molecule has 0 spiro atoms. The minimum atomic E-state index is 0.647. The van der Waals surface area contributed by atoms with Crippen molar-refractivity contribution in [2.45, 2.75) is 31.2 Å². The highest BCUT2D eigenvalue weighted by molar-refractivity contribution is 5.43. The van der Waals surface area contributed by atoms with Gasteiger partial charge < -0.3 is 4.74 Å². The first-order valence-corrected chi connectivity index (χ1v) is 6.17. The van der Waals surface area contributed by atoms with Gasteiger partial charge in [-0.3, -0.25) is 4.90 Å². The Labute approximate surface area is 97.2 Å². The van der Waals surface area contributed by atoms with Gasteiger partial charge in [0, 0.05) is 6.04 Å². The molecular weight excluding hydrogens is 198 g/mol. The number of methoxy groups -OCH3 is 1. The number of benzene rings is 1. The van der Waals surface area contributed by atoms with Gasteiger partial charge in [-0.25, -0.2) is 0 Å². The maximum Gasteiger partial charge on any atom is 0.119 e. The number of likely N-dealkylation sites (tertiary alicyclic amines) is 1. The van der Waals surface area contributed by atoms with Gasteiger partial charge in [0.2, 0.25) is 0 Å². The van der Waals surface area contributed by atoms with E-state index in [0.717, 1.165) is 11.7 Å². The van der Waals surface area contributed by atoms with Crippen LogP contribution in [0.15, 0.2) is 18.2 Å². The average molecular weight is 217 g/mol. The van der Waals surface area contributed by atoms with Crippen molar-refractivity contribution in [1.82, 2.24) is 4.90 Å². The van der Waals surface area contributed by atoms with Crippen LogP contribution in [0.4, 0.5) is 0 Å². The van der Waals surface area contributed by atoms with Gasteiger partial charge in [0.25, 0.3) is 0 Å². The highest BCUT2D eigenvalue weighted by atomic mass is 16.5. The van der Waals surface area contributed by atoms with Crippen LogP contribution >= 0.6 is 0 Å². The van der Waals surface area contributed by atoms with E-state index in [1.165, 1.54) is 36.9 Å². The van der Waals surface area contributed by atoms with Gasteiger partial charge in [0.15, 0.2) is 0 Å². The van der Waals surface area contributed by atoms with Crippen LogP contribution in [0.3, 0.4) is 0 Å². The molecule has 1 saturated heterocycles. The zero-order valence-electron chi connectivity index (χ0n) is 10.1. The third kappa shape index (κ3) is 1.44. The van der Waals surface area contributed by atoms with Gasteiger partial charge in [0.1, 0.15) is 5.75 Å². The van der Waals surface area contributed by atoms with Crippen molar-refractivity contribution >= 4 is 0 Å². The van der Waals surface area contributed by atoms with E-state index in [-0.39, 0.29) is 0 Å². The highest BCUT2D eigenvalue weighted by Crippen LogP contribution is 2.48. The molecule has 1 aromatic carbocycles. The average Bonchev–Trinajstić information content (AvgIpc) is 2.55. The Balaban J connectivity index is 2.05. The van der Waals surface area contributed by atoms with Gasteiger partial charge in [0.05, 0.1) is 7.11 Å². The van der Waals surface area contributed by atoms with Crippen molar-refractivity contribution < 1.29 is 4.74 Å². The molecule has 0 aromatic heterocycles. The Morgan fingerprint density at radius 2 is 2.19 bits per heavy atom. The van der Waals surface area contributed by atoms with Crippen LogP contribution in [0, 0.1) is 0 Å². The number of hydrogen-bond donors (Lipinski definition) is 0. The zero-order chi connectivity index (χ0) is 11.1. The number of nitrogens with zero attached hydrogens (tertiary/aromatic N) is 1. The van der Waals surface area contributed by atoms with Crippen molar-refractivity contribution in [2.75, 3.05) is 20.7 Å². The fourth-order valence-corrected chi connectivity index (χ4v) is 3.29. The van der Waals surface area contributed by atoms with E-state index in [1.54, 1.807) is 7.11 Å². The van der Waals surface area contributed by atoms with Gasteiger partial charge in [-0.1, -0.05) is 6.07 Å². The molecule has 2 aliphatic rings. The van der Waals surface area contributed by atoms with Gasteiger partial charge in [-0.2, -0.15) is 0 Å². The second-order valence-corrected chi connectivity index (χ2v) is 5.07. The van der Waals surface area contributed by atoms with Gasteiger partial charge in [-0.05, 0) is 62.0 Å². The van der Waals surface area contributed by atoms with Crippen molar-refractivity contribution in [2.24, 2.45) is 0 Å². The first kappa shape index (κ1) is 10.2. The molecule has 86 valence electrons. The lowest BCUT2D eigenvalue weighted by Gasteiger charge is -2.24. The number of ether oxygens (including phenoxy) is 1. The molecule has 1 fully saturated rings. The molecule has 2 bridgehead atoms. The van der Waals surface area contributed by atoms with Crippen LogP contribution in [0.5, 0.6) is 5.75 Å². The smallest absolute Gasteiger partial charge is 0.119 e. The summed E-state index contributed by atoms with van der Waals surface area (Å²) in [4.78, 5) is 2.51. The van der Waals surface area contributed by atoms with E-state index >= 15 is 0 Å². The quantitative estimate of drug-likeness (QED) is 0.717. The summed E-state index contributed by atoms with van der Waals surface area (Å²) in [5.41, 5.74) is 3.07. The van der Waals surface area contributed by atoms with Crippen LogP contribution < -0.4 is 4.74 Å². The third-order valence-electron chi connectivity index (χ3n) is 4.20. The highest BCUT2D eigenvalue weighted by Gasteiger charge is 2.35. The predicted molar refractivity (Wildman–Crippen MR) is 65.0 cm³/mol. The Morgan fingerprint density at radius 3 is 3.00 bits per heavy atom. The molecule has 1 aliphatic carbocycles. The summed E-state index contributed by atoms with van der Waals surface area (Å²) < 4.78 is 5.33. The van der Waals surface area contributed by atoms with Crippen LogP contribution in [-0.4, -0.2) is 25.6 Å². The summed E-state index contributed by atoms with van der Waals surface area (Å²) in [5.74, 6) is 1.77. The van der Waals surface area contributed by atoms with E-state index in [1.807, 2.05) is 0 Å². The summed E-state index contributed by atoms with van der Waals surface area (Å²) in [7, 11) is 4.01. The molecule has 0 radical (unpaired) electrons. The second-order valence-electron chi connectivity index (χ2n) is 5.07. The molecule has 2 heteroatoms. The molecule has 1 heterocycles. The van der Waals surface area contributed by atoms with Crippen molar-refractivity contribution in [1.29, 1.82) is 0 Å². The van der Waals surface area contributed by atoms with Crippen molar-refractivity contribution in [3.63, 3.8) is 0 Å². The Hall–Kier alpha value is -1.02. The van der Waals surface area contributed by atoms with Crippen LogP contribution in [0.25, 0.3) is 0 Å². The maximum atomic E-state index is 5.33. The molecule has 1 aliphatic heterocycles. The first-order chi connectivity index (χ1) is 7.79. The predicted octanol–water partition coefficient (Wildman–Crippen LogP) is 2.95. The lowest BCUT2D eigenvalue weighted by molar-refractivity contribution is 0.257. The van der Waals surface area contributed by atoms with E-state index in [4.69, 9.17) is 4.74 Å². The zero-order valence-corrected chi connectivity index (χ0v) is 10.1. The largest absolute Gasteiger partial charge is 0.497 e. The molecule has 0 unspecified atom stereocenters. The lowest BCUT2D eigenvalue weighted by atomic mass is 9.96. The monoisotopic (exact) mass is 217 g/mol. The summed E-state index contributed by atoms with van der Waals surface area (Å²) in [6.45, 7) is 1.24. The molecule has 0 saturated carbocycles. The van der Waals surface area contributed by atoms with E-state index in [9.17, 15) is 0 Å². The minimum Gasteiger partial charge on any atom is -0.497 e. The Kier molecular flexibility index (Phi) is 2.40. The van der Waals surface area contributed by atoms with Crippen molar-refractivity contribution in [3.8, 4) is 5.75 Å². The third-order valence-corrected chi connectivity index (χ3v) is 4.20. The Bertz CT molecular complexity index is 402. The molecule has 1 aromatic rings. The van der Waals surface area contributed by atoms with Gasteiger partial charge >= 0.3 is 0 Å². The maximum absolute atomic E-state index is 5.33. The summed E-state index contributed by atoms with van der Waals surface area (Å²) in [6, 6.07) is 7.26. The normalized spacial score (nSPS) is 28.6. The summed E-state index contributed by atoms with van der Waals surface area (Å²) >= 11 is 0. The topological polar surface area (TPSA) is 12.5 Å². The lowest BCUT2D eigenvalue weighted by Crippen LogP contribution is -2.23. The van der Waals surface area contributed by atoms with E-state index in [0.29, 0.717) is 6.04 Å². The Morgan fingerprint density at radius 1 is 1.31 bits per heavy atom. The number of fused-ring (bicyclic) bond motifs is 5. The van der Waals surface area contributed by atoms with Crippen LogP contribution in [-0.2, 0) is 0 Å². The van der Waals surface area contributed by atoms with Gasteiger partial charge in [-0.15, -0.1) is 0 Å². The molecule has 2 atom stereocenters. The fraction of sp³-hybridized carbons (Fsp3) is 0.571. The summed E-state index contributed by atoms with van der Waals surface area (Å²) in [5, 5.41) is 0. The molecule has 0 amide bonds. The van der Waals surface area contributed by atoms with Crippen molar-refractivity contribution in [3.05, 3.63) is 29.3 Å². The molecule has 16 heavy (non-hydrogen) atoms. The number of hydrogen-bond acceptors (Lipinski definition) is 2. The standard InChI is InChI=1S/C14H19NO/c1-15-7-3-4-10-8-14(15)12-6-5-11(16-2)9-13(10)12/h5-6,9-10,14H,3-4,7-8H2,1-2H3/t10-,14-/m0/s1. The molecule has 0 N–H and O–H groups in total. The van der Waals surface area contributed by atoms with E-state index in [2.05, 4.69) is 30.1 Å². The molecular formula is C14H19NO. The second kappa shape index (κ2) is 3.77. The van der Waals surface area contributed by atoms with Crippen LogP contribution in [0.1, 0.15) is 42.3 Å². The van der Waals surface area contributed by atoms with Crippen LogP contribution in [0.2, 0.25) is 0 Å². The summed E-state index contributed by atoms with van der Waals surface area (Å²) in [6.07, 6.45) is 3.97.